The van der Waals surface area contributed by atoms with Gasteiger partial charge in [0.1, 0.15) is 5.69 Å². The number of piperazine rings is 1. The third-order valence-electron chi connectivity index (χ3n) is 4.90. The number of nitro groups is 1. The number of rotatable bonds is 3. The van der Waals surface area contributed by atoms with Crippen molar-refractivity contribution in [3.8, 4) is 11.5 Å². The summed E-state index contributed by atoms with van der Waals surface area (Å²) in [4.78, 5) is 27.1. The third kappa shape index (κ3) is 3.96. The Morgan fingerprint density at radius 1 is 1.13 bits per heavy atom. The van der Waals surface area contributed by atoms with Gasteiger partial charge in [-0.1, -0.05) is 17.7 Å². The first-order valence-corrected chi connectivity index (χ1v) is 9.90. The lowest BCUT2D eigenvalue weighted by Crippen LogP contribution is -2.52. The molecule has 2 aliphatic rings. The van der Waals surface area contributed by atoms with Crippen LogP contribution in [0.1, 0.15) is 10.4 Å². The van der Waals surface area contributed by atoms with Crippen molar-refractivity contribution in [2.24, 2.45) is 0 Å². The number of carbonyl (C=O) groups is 1. The van der Waals surface area contributed by atoms with E-state index in [1.807, 2.05) is 9.80 Å². The van der Waals surface area contributed by atoms with Gasteiger partial charge in [-0.25, -0.2) is 0 Å². The van der Waals surface area contributed by atoms with Crippen molar-refractivity contribution in [3.63, 3.8) is 0 Å². The second-order valence-corrected chi connectivity index (χ2v) is 7.46. The molecule has 0 saturated carbocycles. The van der Waals surface area contributed by atoms with Gasteiger partial charge < -0.3 is 19.3 Å². The van der Waals surface area contributed by atoms with Gasteiger partial charge in [0.25, 0.3) is 11.6 Å². The van der Waals surface area contributed by atoms with Crippen molar-refractivity contribution < 1.29 is 19.2 Å². The predicted molar refractivity (Wildman–Crippen MR) is 115 cm³/mol. The Hall–Kier alpha value is -3.11. The number of amides is 1. The Labute approximate surface area is 182 Å². The highest BCUT2D eigenvalue weighted by molar-refractivity contribution is 7.80. The van der Waals surface area contributed by atoms with Crippen LogP contribution in [0.5, 0.6) is 11.5 Å². The smallest absolute Gasteiger partial charge is 0.294 e. The Balaban J connectivity index is 1.38. The molecule has 2 heterocycles. The molecule has 0 unspecified atom stereocenters. The van der Waals surface area contributed by atoms with Gasteiger partial charge in [-0.2, -0.15) is 0 Å². The molecule has 30 heavy (non-hydrogen) atoms. The molecule has 2 aromatic carbocycles. The number of anilines is 1. The number of fused-ring (bicyclic) bond motifs is 1. The number of ether oxygens (including phenoxy) is 2. The first kappa shape index (κ1) is 20.2. The van der Waals surface area contributed by atoms with Gasteiger partial charge in [0, 0.05) is 37.8 Å². The minimum atomic E-state index is -0.441. The maximum Gasteiger partial charge on any atom is 0.294 e. The van der Waals surface area contributed by atoms with Crippen molar-refractivity contribution in [3.05, 3.63) is 57.1 Å². The molecule has 0 spiro atoms. The summed E-state index contributed by atoms with van der Waals surface area (Å²) < 4.78 is 10.5. The molecule has 0 atom stereocenters. The van der Waals surface area contributed by atoms with Crippen LogP contribution in [0.4, 0.5) is 11.4 Å². The van der Waals surface area contributed by atoms with Crippen LogP contribution in [0.3, 0.4) is 0 Å². The summed E-state index contributed by atoms with van der Waals surface area (Å²) in [5.74, 6) is 0.768. The van der Waals surface area contributed by atoms with Crippen LogP contribution in [0.15, 0.2) is 36.4 Å². The Morgan fingerprint density at radius 3 is 2.60 bits per heavy atom. The topological polar surface area (TPSA) is 97.2 Å². The number of para-hydroxylation sites is 1. The van der Waals surface area contributed by atoms with Gasteiger partial charge in [-0.05, 0) is 36.5 Å². The number of halogens is 1. The van der Waals surface area contributed by atoms with Crippen LogP contribution in [-0.4, -0.2) is 53.8 Å². The summed E-state index contributed by atoms with van der Waals surface area (Å²) >= 11 is 11.6. The zero-order valence-electron chi connectivity index (χ0n) is 15.7. The SMILES string of the molecule is O=C(NC(=S)N1CCN(c2c(Cl)cccc2[N+](=O)[O-])CC1)c1ccc2c(c1)OCO2. The number of nitrogens with one attached hydrogen (secondary N) is 1. The Kier molecular flexibility index (Phi) is 5.60. The lowest BCUT2D eigenvalue weighted by molar-refractivity contribution is -0.384. The number of hydrogen-bond donors (Lipinski definition) is 1. The molecule has 0 aliphatic carbocycles. The van der Waals surface area contributed by atoms with Crippen LogP contribution in [0.2, 0.25) is 5.02 Å². The molecular formula is C19H17ClN4O5S. The summed E-state index contributed by atoms with van der Waals surface area (Å²) in [6, 6.07) is 9.54. The van der Waals surface area contributed by atoms with E-state index in [1.165, 1.54) is 6.07 Å². The number of thiocarbonyl (C=S) groups is 1. The molecule has 1 fully saturated rings. The minimum Gasteiger partial charge on any atom is -0.454 e. The molecule has 0 bridgehead atoms. The molecule has 9 nitrogen and oxygen atoms in total. The van der Waals surface area contributed by atoms with E-state index in [2.05, 4.69) is 5.32 Å². The molecule has 11 heteroatoms. The van der Waals surface area contributed by atoms with Gasteiger partial charge in [-0.3, -0.25) is 20.2 Å². The molecule has 0 aromatic heterocycles. The minimum absolute atomic E-state index is 0.0327. The Bertz CT molecular complexity index is 1030. The average molecular weight is 449 g/mol. The van der Waals surface area contributed by atoms with Gasteiger partial charge in [-0.15, -0.1) is 0 Å². The van der Waals surface area contributed by atoms with Crippen molar-refractivity contribution in [1.29, 1.82) is 0 Å². The number of nitrogens with zero attached hydrogens (tertiary/aromatic N) is 3. The van der Waals surface area contributed by atoms with Crippen LogP contribution < -0.4 is 19.7 Å². The summed E-state index contributed by atoms with van der Waals surface area (Å²) in [5, 5.41) is 14.7. The standard InChI is InChI=1S/C19H17ClN4O5S/c20-13-2-1-3-14(24(26)27)17(13)22-6-8-23(9-7-22)19(30)21-18(25)12-4-5-15-16(10-12)29-11-28-15/h1-5,10H,6-9,11H2,(H,21,25,30). The molecule has 4 rings (SSSR count). The number of nitro benzene ring substituents is 1. The van der Waals surface area contributed by atoms with E-state index < -0.39 is 4.92 Å². The fourth-order valence-electron chi connectivity index (χ4n) is 3.38. The highest BCUT2D eigenvalue weighted by Crippen LogP contribution is 2.36. The monoisotopic (exact) mass is 448 g/mol. The predicted octanol–water partition coefficient (Wildman–Crippen LogP) is 2.81. The largest absolute Gasteiger partial charge is 0.454 e. The normalized spacial score (nSPS) is 15.1. The molecular weight excluding hydrogens is 432 g/mol. The lowest BCUT2D eigenvalue weighted by atomic mass is 10.2. The number of hydrogen-bond acceptors (Lipinski definition) is 7. The second kappa shape index (κ2) is 8.33. The molecule has 1 amide bonds. The third-order valence-corrected chi connectivity index (χ3v) is 5.57. The van der Waals surface area contributed by atoms with Crippen LogP contribution >= 0.6 is 23.8 Å². The van der Waals surface area contributed by atoms with E-state index in [9.17, 15) is 14.9 Å². The fourth-order valence-corrected chi connectivity index (χ4v) is 3.95. The van der Waals surface area contributed by atoms with Crippen molar-refractivity contribution in [2.45, 2.75) is 0 Å². The van der Waals surface area contributed by atoms with Gasteiger partial charge in [0.15, 0.2) is 16.6 Å². The first-order chi connectivity index (χ1) is 14.4. The van der Waals surface area contributed by atoms with Crippen molar-refractivity contribution >= 4 is 46.2 Å². The zero-order valence-corrected chi connectivity index (χ0v) is 17.2. The maximum atomic E-state index is 12.5. The molecule has 0 radical (unpaired) electrons. The van der Waals surface area contributed by atoms with E-state index in [-0.39, 0.29) is 18.4 Å². The summed E-state index contributed by atoms with van der Waals surface area (Å²) in [6.45, 7) is 2.06. The molecule has 1 N–H and O–H groups in total. The lowest BCUT2D eigenvalue weighted by Gasteiger charge is -2.37. The molecule has 2 aromatic rings. The van der Waals surface area contributed by atoms with E-state index in [1.54, 1.807) is 30.3 Å². The average Bonchev–Trinajstić information content (AvgIpc) is 3.21. The summed E-state index contributed by atoms with van der Waals surface area (Å²) in [6.07, 6.45) is 0. The zero-order chi connectivity index (χ0) is 21.3. The Morgan fingerprint density at radius 2 is 1.87 bits per heavy atom. The van der Waals surface area contributed by atoms with E-state index in [0.717, 1.165) is 0 Å². The highest BCUT2D eigenvalue weighted by atomic mass is 35.5. The molecule has 1 saturated heterocycles. The maximum absolute atomic E-state index is 12.5. The van der Waals surface area contributed by atoms with Gasteiger partial charge >= 0.3 is 0 Å². The van der Waals surface area contributed by atoms with Crippen LogP contribution in [0.25, 0.3) is 0 Å². The van der Waals surface area contributed by atoms with Gasteiger partial charge in [0.05, 0.1) is 9.95 Å². The van der Waals surface area contributed by atoms with Gasteiger partial charge in [0.2, 0.25) is 6.79 Å². The summed E-state index contributed by atoms with van der Waals surface area (Å²) in [7, 11) is 0. The second-order valence-electron chi connectivity index (χ2n) is 6.67. The van der Waals surface area contributed by atoms with Crippen molar-refractivity contribution in [1.82, 2.24) is 10.2 Å². The van der Waals surface area contributed by atoms with Crippen LogP contribution in [0, 0.1) is 10.1 Å². The first-order valence-electron chi connectivity index (χ1n) is 9.12. The van der Waals surface area contributed by atoms with E-state index in [0.29, 0.717) is 59.1 Å². The van der Waals surface area contributed by atoms with E-state index in [4.69, 9.17) is 33.3 Å². The highest BCUT2D eigenvalue weighted by Gasteiger charge is 2.27. The number of benzene rings is 2. The number of carbonyl (C=O) groups excluding carboxylic acids is 1. The van der Waals surface area contributed by atoms with Crippen LogP contribution in [-0.2, 0) is 0 Å². The van der Waals surface area contributed by atoms with Crippen molar-refractivity contribution in [2.75, 3.05) is 37.9 Å². The fraction of sp³-hybridized carbons (Fsp3) is 0.263. The summed E-state index contributed by atoms with van der Waals surface area (Å²) in [5.41, 5.74) is 0.778. The quantitative estimate of drug-likeness (QED) is 0.435. The molecule has 2 aliphatic heterocycles. The van der Waals surface area contributed by atoms with E-state index >= 15 is 0 Å². The molecule has 156 valence electrons.